The summed E-state index contributed by atoms with van der Waals surface area (Å²) < 4.78 is 0. The Morgan fingerprint density at radius 1 is 1.19 bits per heavy atom. The highest BCUT2D eigenvalue weighted by atomic mass is 32.1. The second-order valence-corrected chi connectivity index (χ2v) is 8.63. The van der Waals surface area contributed by atoms with Gasteiger partial charge in [-0.15, -0.1) is 11.3 Å². The van der Waals surface area contributed by atoms with Crippen LogP contribution in [0.25, 0.3) is 22.5 Å². The van der Waals surface area contributed by atoms with Crippen molar-refractivity contribution >= 4 is 11.3 Å². The first-order valence-electron chi connectivity index (χ1n) is 9.50. The van der Waals surface area contributed by atoms with Gasteiger partial charge in [0.05, 0.1) is 18.0 Å². The van der Waals surface area contributed by atoms with E-state index < -0.39 is 0 Å². The first-order valence-corrected chi connectivity index (χ1v) is 10.4. The number of thiophene rings is 1. The van der Waals surface area contributed by atoms with Gasteiger partial charge in [-0.25, -0.2) is 0 Å². The van der Waals surface area contributed by atoms with Gasteiger partial charge in [0, 0.05) is 66.1 Å². The molecule has 140 valence electrons. The van der Waals surface area contributed by atoms with Crippen LogP contribution in [0.3, 0.4) is 0 Å². The molecule has 0 unspecified atom stereocenters. The van der Waals surface area contributed by atoms with Gasteiger partial charge in [0.25, 0.3) is 0 Å². The number of aromatic amines is 1. The van der Waals surface area contributed by atoms with Gasteiger partial charge in [-0.3, -0.25) is 10.00 Å². The van der Waals surface area contributed by atoms with E-state index in [4.69, 9.17) is 0 Å². The fraction of sp³-hybridized carbons (Fsp3) is 0.381. The molecular weight excluding hydrogens is 356 g/mol. The predicted octanol–water partition coefficient (Wildman–Crippen LogP) is 2.95. The van der Waals surface area contributed by atoms with Crippen molar-refractivity contribution in [3.05, 3.63) is 51.2 Å². The number of aliphatic hydroxyl groups is 1. The number of H-pyrrole nitrogens is 1. The number of likely N-dealkylation sites (N-methyl/N-ethyl adjacent to an activating group) is 1. The Bertz CT molecular complexity index is 968. The van der Waals surface area contributed by atoms with Gasteiger partial charge in [-0.1, -0.05) is 18.2 Å². The summed E-state index contributed by atoms with van der Waals surface area (Å²) in [7, 11) is 2.20. The smallest absolute Gasteiger partial charge is 0.0971 e. The van der Waals surface area contributed by atoms with Crippen molar-refractivity contribution in [2.45, 2.75) is 19.6 Å². The van der Waals surface area contributed by atoms with Crippen molar-refractivity contribution < 1.29 is 5.11 Å². The minimum Gasteiger partial charge on any atom is -0.391 e. The van der Waals surface area contributed by atoms with E-state index >= 15 is 0 Å². The third-order valence-corrected chi connectivity index (χ3v) is 6.68. The molecule has 0 spiro atoms. The van der Waals surface area contributed by atoms with Gasteiger partial charge in [0.2, 0.25) is 0 Å². The van der Waals surface area contributed by atoms with Crippen molar-refractivity contribution in [2.75, 3.05) is 33.2 Å². The molecule has 0 saturated carbocycles. The van der Waals surface area contributed by atoms with E-state index in [9.17, 15) is 5.11 Å². The topological polar surface area (TPSA) is 55.4 Å². The number of nitrogens with zero attached hydrogens (tertiary/aromatic N) is 3. The number of fused-ring (bicyclic) bond motifs is 3. The summed E-state index contributed by atoms with van der Waals surface area (Å²) in [6, 6.07) is 8.93. The zero-order chi connectivity index (χ0) is 18.4. The predicted molar refractivity (Wildman–Crippen MR) is 109 cm³/mol. The summed E-state index contributed by atoms with van der Waals surface area (Å²) in [6.07, 6.45) is 0.928. The van der Waals surface area contributed by atoms with Crippen LogP contribution in [0, 0.1) is 0 Å². The Balaban J connectivity index is 1.38. The minimum absolute atomic E-state index is 0.0904. The molecule has 5 rings (SSSR count). The molecule has 1 aromatic carbocycles. The average molecular weight is 381 g/mol. The molecule has 0 atom stereocenters. The summed E-state index contributed by atoms with van der Waals surface area (Å²) in [5.74, 6) is 0. The zero-order valence-corrected chi connectivity index (χ0v) is 16.4. The summed E-state index contributed by atoms with van der Waals surface area (Å²) in [5.41, 5.74) is 8.64. The third kappa shape index (κ3) is 3.12. The first-order chi connectivity index (χ1) is 13.2. The monoisotopic (exact) mass is 380 g/mol. The Labute approximate surface area is 163 Å². The van der Waals surface area contributed by atoms with Crippen LogP contribution in [0.2, 0.25) is 0 Å². The number of aliphatic hydroxyl groups excluding tert-OH is 1. The molecule has 2 aromatic heterocycles. The minimum atomic E-state index is 0.0904. The number of hydrogen-bond donors (Lipinski definition) is 2. The lowest BCUT2D eigenvalue weighted by atomic mass is 10.0. The van der Waals surface area contributed by atoms with Crippen molar-refractivity contribution in [3.8, 4) is 22.5 Å². The maximum Gasteiger partial charge on any atom is 0.0971 e. The second kappa shape index (κ2) is 6.87. The average Bonchev–Trinajstić information content (AvgIpc) is 3.37. The Morgan fingerprint density at radius 3 is 2.81 bits per heavy atom. The fourth-order valence-electron chi connectivity index (χ4n) is 4.18. The number of piperazine rings is 1. The fourth-order valence-corrected chi connectivity index (χ4v) is 4.90. The maximum absolute atomic E-state index is 9.34. The molecule has 1 aliphatic heterocycles. The van der Waals surface area contributed by atoms with E-state index in [1.54, 1.807) is 11.3 Å². The lowest BCUT2D eigenvalue weighted by Gasteiger charge is -2.32. The molecule has 3 aromatic rings. The van der Waals surface area contributed by atoms with Gasteiger partial charge in [-0.2, -0.15) is 5.10 Å². The SMILES string of the molecule is CN1CCN(Cc2ccc3c(c2)Cc2c(-c4csc(CO)c4)n[nH]c2-3)CC1. The van der Waals surface area contributed by atoms with Crippen LogP contribution < -0.4 is 0 Å². The first kappa shape index (κ1) is 17.1. The summed E-state index contributed by atoms with van der Waals surface area (Å²) >= 11 is 1.59. The number of rotatable bonds is 4. The lowest BCUT2D eigenvalue weighted by Crippen LogP contribution is -2.43. The normalized spacial score (nSPS) is 17.3. The van der Waals surface area contributed by atoms with Crippen LogP contribution in [-0.2, 0) is 19.6 Å². The molecule has 0 radical (unpaired) electrons. The lowest BCUT2D eigenvalue weighted by molar-refractivity contribution is 0.148. The molecule has 0 amide bonds. The van der Waals surface area contributed by atoms with Crippen molar-refractivity contribution in [3.63, 3.8) is 0 Å². The van der Waals surface area contributed by atoms with Crippen molar-refractivity contribution in [1.29, 1.82) is 0 Å². The Hall–Kier alpha value is -1.99. The number of aromatic nitrogens is 2. The van der Waals surface area contributed by atoms with Crippen LogP contribution in [0.4, 0.5) is 0 Å². The van der Waals surface area contributed by atoms with E-state index in [0.29, 0.717) is 0 Å². The highest BCUT2D eigenvalue weighted by molar-refractivity contribution is 7.10. The van der Waals surface area contributed by atoms with E-state index in [2.05, 4.69) is 50.6 Å². The molecule has 0 bridgehead atoms. The van der Waals surface area contributed by atoms with Gasteiger partial charge in [0.1, 0.15) is 0 Å². The van der Waals surface area contributed by atoms with Crippen LogP contribution >= 0.6 is 11.3 Å². The third-order valence-electron chi connectivity index (χ3n) is 5.76. The molecule has 2 N–H and O–H groups in total. The van der Waals surface area contributed by atoms with Crippen LogP contribution in [0.1, 0.15) is 21.6 Å². The van der Waals surface area contributed by atoms with Crippen LogP contribution in [-0.4, -0.2) is 58.3 Å². The summed E-state index contributed by atoms with van der Waals surface area (Å²) in [5, 5.41) is 19.2. The molecule has 6 heteroatoms. The number of nitrogens with one attached hydrogen (secondary N) is 1. The van der Waals surface area contributed by atoms with Gasteiger partial charge >= 0.3 is 0 Å². The van der Waals surface area contributed by atoms with Gasteiger partial charge in [0.15, 0.2) is 0 Å². The molecule has 1 aliphatic carbocycles. The number of hydrogen-bond acceptors (Lipinski definition) is 5. The molecule has 27 heavy (non-hydrogen) atoms. The number of benzene rings is 1. The molecule has 3 heterocycles. The molecular formula is C21H24N4OS. The van der Waals surface area contributed by atoms with E-state index in [0.717, 1.165) is 61.0 Å². The van der Waals surface area contributed by atoms with Crippen LogP contribution in [0.5, 0.6) is 0 Å². The van der Waals surface area contributed by atoms with E-state index in [1.807, 2.05) is 6.07 Å². The second-order valence-electron chi connectivity index (χ2n) is 7.63. The quantitative estimate of drug-likeness (QED) is 0.572. The molecule has 2 aliphatic rings. The Kier molecular flexibility index (Phi) is 4.36. The Morgan fingerprint density at radius 2 is 2.04 bits per heavy atom. The van der Waals surface area contributed by atoms with Crippen molar-refractivity contribution in [2.24, 2.45) is 0 Å². The summed E-state index contributed by atoms with van der Waals surface area (Å²) in [6.45, 7) is 5.72. The molecule has 1 fully saturated rings. The highest BCUT2D eigenvalue weighted by Gasteiger charge is 2.26. The van der Waals surface area contributed by atoms with E-state index in [1.165, 1.54) is 22.3 Å². The van der Waals surface area contributed by atoms with Gasteiger partial charge < -0.3 is 10.0 Å². The maximum atomic E-state index is 9.34. The largest absolute Gasteiger partial charge is 0.391 e. The molecule has 5 nitrogen and oxygen atoms in total. The molecule has 1 saturated heterocycles. The van der Waals surface area contributed by atoms with Crippen LogP contribution in [0.15, 0.2) is 29.6 Å². The highest BCUT2D eigenvalue weighted by Crippen LogP contribution is 2.41. The zero-order valence-electron chi connectivity index (χ0n) is 15.5. The van der Waals surface area contributed by atoms with E-state index in [-0.39, 0.29) is 6.61 Å². The standard InChI is InChI=1S/C21H24N4OS/c1-24-4-6-25(7-5-24)11-14-2-3-18-15(8-14)10-19-20(22-23-21(18)19)16-9-17(12-26)27-13-16/h2-3,8-9,13,26H,4-7,10-12H2,1H3,(H,22,23). The summed E-state index contributed by atoms with van der Waals surface area (Å²) in [4.78, 5) is 5.92. The van der Waals surface area contributed by atoms with Gasteiger partial charge in [-0.05, 0) is 24.2 Å². The van der Waals surface area contributed by atoms with Crippen molar-refractivity contribution in [1.82, 2.24) is 20.0 Å².